The average molecular weight is 252 g/mol. The van der Waals surface area contributed by atoms with Crippen molar-refractivity contribution in [3.8, 4) is 5.69 Å². The lowest BCUT2D eigenvalue weighted by atomic mass is 10.2. The first kappa shape index (κ1) is 11.4. The summed E-state index contributed by atoms with van der Waals surface area (Å²) in [6, 6.07) is 11.4. The first-order chi connectivity index (χ1) is 9.31. The Morgan fingerprint density at radius 3 is 2.79 bits per heavy atom. The number of hydrogen-bond donors (Lipinski definition) is 1. The number of carbonyl (C=O) groups excluding carboxylic acids is 1. The van der Waals surface area contributed by atoms with Crippen molar-refractivity contribution in [1.29, 1.82) is 0 Å². The molecule has 5 nitrogen and oxygen atoms in total. The molecule has 0 spiro atoms. The Morgan fingerprint density at radius 2 is 2.05 bits per heavy atom. The highest BCUT2D eigenvalue weighted by atomic mass is 16.1. The van der Waals surface area contributed by atoms with Crippen molar-refractivity contribution in [3.63, 3.8) is 0 Å². The molecule has 2 heterocycles. The number of aromatic nitrogens is 3. The maximum absolute atomic E-state index is 11.9. The van der Waals surface area contributed by atoms with Gasteiger partial charge >= 0.3 is 0 Å². The smallest absolute Gasteiger partial charge is 0.272 e. The summed E-state index contributed by atoms with van der Waals surface area (Å²) < 4.78 is 1.73. The molecule has 0 aliphatic carbocycles. The summed E-state index contributed by atoms with van der Waals surface area (Å²) in [5, 5.41) is 7.83. The summed E-state index contributed by atoms with van der Waals surface area (Å²) >= 11 is 0. The minimum Gasteiger partial charge on any atom is -0.354 e. The van der Waals surface area contributed by atoms with Crippen molar-refractivity contribution in [3.05, 3.63) is 54.5 Å². The molecule has 94 valence electrons. The molecule has 0 aliphatic rings. The Labute approximate surface area is 109 Å². The third-order valence-electron chi connectivity index (χ3n) is 2.92. The lowest BCUT2D eigenvalue weighted by Gasteiger charge is -2.01. The molecule has 1 N–H and O–H groups in total. The van der Waals surface area contributed by atoms with Crippen molar-refractivity contribution in [2.75, 3.05) is 7.05 Å². The number of pyridine rings is 1. The van der Waals surface area contributed by atoms with Gasteiger partial charge in [-0.3, -0.25) is 9.78 Å². The van der Waals surface area contributed by atoms with E-state index < -0.39 is 0 Å². The zero-order valence-corrected chi connectivity index (χ0v) is 10.4. The molecule has 1 amide bonds. The Hall–Kier alpha value is -2.69. The van der Waals surface area contributed by atoms with Crippen LogP contribution in [0.2, 0.25) is 0 Å². The molecule has 0 unspecified atom stereocenters. The van der Waals surface area contributed by atoms with Gasteiger partial charge in [-0.15, -0.1) is 0 Å². The maximum Gasteiger partial charge on any atom is 0.272 e. The molecular formula is C14H12N4O. The maximum atomic E-state index is 11.9. The third kappa shape index (κ3) is 1.85. The molecule has 5 heteroatoms. The van der Waals surface area contributed by atoms with Crippen LogP contribution in [0.3, 0.4) is 0 Å². The minimum atomic E-state index is -0.196. The first-order valence-corrected chi connectivity index (χ1v) is 5.91. The van der Waals surface area contributed by atoms with Crippen LogP contribution in [0.1, 0.15) is 10.5 Å². The van der Waals surface area contributed by atoms with Gasteiger partial charge in [-0.1, -0.05) is 18.2 Å². The number of para-hydroxylation sites is 1. The van der Waals surface area contributed by atoms with Gasteiger partial charge in [-0.25, -0.2) is 4.68 Å². The Morgan fingerprint density at radius 1 is 1.21 bits per heavy atom. The van der Waals surface area contributed by atoms with Gasteiger partial charge in [-0.05, 0) is 18.2 Å². The van der Waals surface area contributed by atoms with Crippen LogP contribution in [0.4, 0.5) is 0 Å². The topological polar surface area (TPSA) is 59.8 Å². The van der Waals surface area contributed by atoms with Crippen molar-refractivity contribution in [1.82, 2.24) is 20.1 Å². The number of rotatable bonds is 2. The zero-order chi connectivity index (χ0) is 13.2. The highest BCUT2D eigenvalue weighted by Crippen LogP contribution is 2.21. The SMILES string of the molecule is CNC(=O)c1nn(-c2cccnc2)c2ccccc12. The van der Waals surface area contributed by atoms with Crippen molar-refractivity contribution < 1.29 is 4.79 Å². The fourth-order valence-electron chi connectivity index (χ4n) is 2.03. The van der Waals surface area contributed by atoms with Crippen LogP contribution in [0.15, 0.2) is 48.8 Å². The van der Waals surface area contributed by atoms with Gasteiger partial charge in [0.2, 0.25) is 0 Å². The van der Waals surface area contributed by atoms with E-state index in [4.69, 9.17) is 0 Å². The zero-order valence-electron chi connectivity index (χ0n) is 10.4. The fraction of sp³-hybridized carbons (Fsp3) is 0.0714. The fourth-order valence-corrected chi connectivity index (χ4v) is 2.03. The van der Waals surface area contributed by atoms with Gasteiger partial charge in [0.05, 0.1) is 17.4 Å². The van der Waals surface area contributed by atoms with Gasteiger partial charge in [0.25, 0.3) is 5.91 Å². The summed E-state index contributed by atoms with van der Waals surface area (Å²) in [7, 11) is 1.60. The highest BCUT2D eigenvalue weighted by molar-refractivity contribution is 6.05. The molecule has 0 saturated heterocycles. The number of nitrogens with zero attached hydrogens (tertiary/aromatic N) is 3. The Bertz CT molecular complexity index is 734. The molecule has 3 rings (SSSR count). The molecule has 0 fully saturated rings. The van der Waals surface area contributed by atoms with Gasteiger partial charge in [0.1, 0.15) is 0 Å². The lowest BCUT2D eigenvalue weighted by molar-refractivity contribution is 0.0959. The van der Waals surface area contributed by atoms with Gasteiger partial charge in [-0.2, -0.15) is 5.10 Å². The van der Waals surface area contributed by atoms with E-state index in [9.17, 15) is 4.79 Å². The van der Waals surface area contributed by atoms with E-state index in [1.165, 1.54) is 0 Å². The van der Waals surface area contributed by atoms with Crippen LogP contribution in [0.5, 0.6) is 0 Å². The van der Waals surface area contributed by atoms with E-state index in [1.54, 1.807) is 24.1 Å². The molecule has 0 aliphatic heterocycles. The first-order valence-electron chi connectivity index (χ1n) is 5.91. The van der Waals surface area contributed by atoms with Crippen LogP contribution in [0, 0.1) is 0 Å². The normalized spacial score (nSPS) is 10.6. The Balaban J connectivity index is 2.29. The molecule has 2 aromatic heterocycles. The number of fused-ring (bicyclic) bond motifs is 1. The van der Waals surface area contributed by atoms with Crippen molar-refractivity contribution in [2.45, 2.75) is 0 Å². The van der Waals surface area contributed by atoms with E-state index in [0.29, 0.717) is 5.69 Å². The molecular weight excluding hydrogens is 240 g/mol. The largest absolute Gasteiger partial charge is 0.354 e. The number of benzene rings is 1. The quantitative estimate of drug-likeness (QED) is 0.756. The second-order valence-electron chi connectivity index (χ2n) is 4.07. The summed E-state index contributed by atoms with van der Waals surface area (Å²) in [4.78, 5) is 16.0. The van der Waals surface area contributed by atoms with Crippen molar-refractivity contribution >= 4 is 16.8 Å². The highest BCUT2D eigenvalue weighted by Gasteiger charge is 2.16. The molecule has 0 radical (unpaired) electrons. The number of nitrogens with one attached hydrogen (secondary N) is 1. The van der Waals surface area contributed by atoms with Crippen LogP contribution in [-0.2, 0) is 0 Å². The number of carbonyl (C=O) groups is 1. The molecule has 0 saturated carbocycles. The van der Waals surface area contributed by atoms with Crippen LogP contribution in [0.25, 0.3) is 16.6 Å². The Kier molecular flexibility index (Phi) is 2.72. The third-order valence-corrected chi connectivity index (χ3v) is 2.92. The van der Waals surface area contributed by atoms with E-state index in [2.05, 4.69) is 15.4 Å². The van der Waals surface area contributed by atoms with Gasteiger partial charge in [0.15, 0.2) is 5.69 Å². The van der Waals surface area contributed by atoms with Gasteiger partial charge < -0.3 is 5.32 Å². The number of hydrogen-bond acceptors (Lipinski definition) is 3. The second-order valence-corrected chi connectivity index (χ2v) is 4.07. The predicted octanol–water partition coefficient (Wildman–Crippen LogP) is 1.78. The summed E-state index contributed by atoms with van der Waals surface area (Å²) in [5.74, 6) is -0.196. The van der Waals surface area contributed by atoms with Crippen LogP contribution < -0.4 is 5.32 Å². The summed E-state index contributed by atoms with van der Waals surface area (Å²) in [6.07, 6.45) is 3.42. The summed E-state index contributed by atoms with van der Waals surface area (Å²) in [5.41, 5.74) is 2.13. The number of amides is 1. The lowest BCUT2D eigenvalue weighted by Crippen LogP contribution is -2.18. The van der Waals surface area contributed by atoms with E-state index in [1.807, 2.05) is 36.4 Å². The predicted molar refractivity (Wildman–Crippen MR) is 72.3 cm³/mol. The minimum absolute atomic E-state index is 0.196. The molecule has 1 aromatic carbocycles. The standard InChI is InChI=1S/C14H12N4O/c1-15-14(19)13-11-6-2-3-7-12(11)18(17-13)10-5-4-8-16-9-10/h2-9H,1H3,(H,15,19). The average Bonchev–Trinajstić information content (AvgIpc) is 2.87. The van der Waals surface area contributed by atoms with Crippen molar-refractivity contribution in [2.24, 2.45) is 0 Å². The van der Waals surface area contributed by atoms with E-state index >= 15 is 0 Å². The van der Waals surface area contributed by atoms with Crippen LogP contribution in [-0.4, -0.2) is 27.7 Å². The van der Waals surface area contributed by atoms with E-state index in [-0.39, 0.29) is 5.91 Å². The molecule has 0 atom stereocenters. The second kappa shape index (κ2) is 4.53. The van der Waals surface area contributed by atoms with E-state index in [0.717, 1.165) is 16.6 Å². The monoisotopic (exact) mass is 252 g/mol. The summed E-state index contributed by atoms with van der Waals surface area (Å²) in [6.45, 7) is 0. The van der Waals surface area contributed by atoms with Crippen LogP contribution >= 0.6 is 0 Å². The van der Waals surface area contributed by atoms with Gasteiger partial charge in [0, 0.05) is 18.6 Å². The molecule has 3 aromatic rings. The molecule has 0 bridgehead atoms. The molecule has 19 heavy (non-hydrogen) atoms.